The summed E-state index contributed by atoms with van der Waals surface area (Å²) < 4.78 is 5.94. The summed E-state index contributed by atoms with van der Waals surface area (Å²) in [6.07, 6.45) is 0. The maximum atomic E-state index is 11.3. The van der Waals surface area contributed by atoms with Gasteiger partial charge in [0.1, 0.15) is 5.75 Å². The number of ketones is 1. The fourth-order valence-corrected chi connectivity index (χ4v) is 2.26. The smallest absolute Gasteiger partial charge is 0.179 e. The van der Waals surface area contributed by atoms with E-state index in [9.17, 15) is 4.79 Å². The predicted molar refractivity (Wildman–Crippen MR) is 65.8 cm³/mol. The molecule has 0 bridgehead atoms. The molecule has 0 saturated carbocycles. The summed E-state index contributed by atoms with van der Waals surface area (Å²) in [6.45, 7) is 0. The van der Waals surface area contributed by atoms with Crippen LogP contribution < -0.4 is 4.74 Å². The number of halogens is 3. The lowest BCUT2D eigenvalue weighted by molar-refractivity contribution is 0.102. The minimum absolute atomic E-state index is 0.0799. The molecule has 5 heteroatoms. The third-order valence-electron chi connectivity index (χ3n) is 1.66. The highest BCUT2D eigenvalue weighted by Gasteiger charge is 2.12. The highest BCUT2D eigenvalue weighted by atomic mass is 127. The van der Waals surface area contributed by atoms with E-state index in [0.717, 1.165) is 3.57 Å². The van der Waals surface area contributed by atoms with E-state index < -0.39 is 0 Å². The van der Waals surface area contributed by atoms with Crippen LogP contribution in [0.15, 0.2) is 12.1 Å². The maximum absolute atomic E-state index is 11.3. The van der Waals surface area contributed by atoms with Crippen LogP contribution in [0.1, 0.15) is 10.4 Å². The zero-order valence-corrected chi connectivity index (χ0v) is 11.0. The third kappa shape index (κ3) is 2.52. The van der Waals surface area contributed by atoms with Gasteiger partial charge in [-0.15, -0.1) is 11.6 Å². The molecule has 1 aromatic rings. The number of benzene rings is 1. The summed E-state index contributed by atoms with van der Waals surface area (Å²) in [7, 11) is 1.54. The van der Waals surface area contributed by atoms with Crippen LogP contribution in [0.25, 0.3) is 0 Å². The van der Waals surface area contributed by atoms with E-state index in [1.807, 2.05) is 0 Å². The first-order valence-corrected chi connectivity index (χ1v) is 5.71. The van der Waals surface area contributed by atoms with Crippen molar-refractivity contribution in [2.45, 2.75) is 0 Å². The Morgan fingerprint density at radius 2 is 2.21 bits per heavy atom. The zero-order chi connectivity index (χ0) is 10.7. The number of hydrogen-bond donors (Lipinski definition) is 0. The number of methoxy groups -OCH3 is 1. The predicted octanol–water partition coefficient (Wildman–Crippen LogP) is 3.37. The molecule has 76 valence electrons. The van der Waals surface area contributed by atoms with E-state index in [2.05, 4.69) is 22.6 Å². The maximum Gasteiger partial charge on any atom is 0.179 e. The highest BCUT2D eigenvalue weighted by Crippen LogP contribution is 2.28. The van der Waals surface area contributed by atoms with Crippen molar-refractivity contribution in [2.75, 3.05) is 13.0 Å². The van der Waals surface area contributed by atoms with Gasteiger partial charge >= 0.3 is 0 Å². The molecule has 0 fully saturated rings. The van der Waals surface area contributed by atoms with Crippen LogP contribution in [-0.4, -0.2) is 18.8 Å². The molecule has 0 aliphatic heterocycles. The van der Waals surface area contributed by atoms with E-state index in [0.29, 0.717) is 16.3 Å². The van der Waals surface area contributed by atoms with Crippen LogP contribution >= 0.6 is 45.8 Å². The molecule has 0 radical (unpaired) electrons. The van der Waals surface area contributed by atoms with E-state index in [1.54, 1.807) is 19.2 Å². The van der Waals surface area contributed by atoms with Gasteiger partial charge in [-0.25, -0.2) is 0 Å². The minimum Gasteiger partial charge on any atom is -0.496 e. The molecule has 1 rings (SSSR count). The lowest BCUT2D eigenvalue weighted by Crippen LogP contribution is -2.02. The molecule has 14 heavy (non-hydrogen) atoms. The molecule has 0 atom stereocenters. The second kappa shape index (κ2) is 5.19. The van der Waals surface area contributed by atoms with E-state index in [4.69, 9.17) is 27.9 Å². The van der Waals surface area contributed by atoms with Crippen molar-refractivity contribution in [2.24, 2.45) is 0 Å². The summed E-state index contributed by atoms with van der Waals surface area (Å²) in [5, 5.41) is 0.404. The molecule has 0 spiro atoms. The van der Waals surface area contributed by atoms with Gasteiger partial charge in [-0.2, -0.15) is 0 Å². The number of ether oxygens (including phenoxy) is 1. The number of alkyl halides is 1. The van der Waals surface area contributed by atoms with Gasteiger partial charge in [0.05, 0.1) is 21.6 Å². The molecule has 1 aromatic carbocycles. The molecule has 0 amide bonds. The van der Waals surface area contributed by atoms with Gasteiger partial charge in [-0.05, 0) is 34.7 Å². The van der Waals surface area contributed by atoms with Gasteiger partial charge in [0.25, 0.3) is 0 Å². The number of carbonyl (C=O) groups is 1. The van der Waals surface area contributed by atoms with Gasteiger partial charge in [0.2, 0.25) is 0 Å². The number of hydrogen-bond acceptors (Lipinski definition) is 2. The van der Waals surface area contributed by atoms with Gasteiger partial charge in [0.15, 0.2) is 5.78 Å². The van der Waals surface area contributed by atoms with Gasteiger partial charge < -0.3 is 4.74 Å². The summed E-state index contributed by atoms with van der Waals surface area (Å²) >= 11 is 13.4. The van der Waals surface area contributed by atoms with Crippen molar-refractivity contribution in [3.8, 4) is 5.75 Å². The monoisotopic (exact) mass is 344 g/mol. The summed E-state index contributed by atoms with van der Waals surface area (Å²) in [5.41, 5.74) is 0.402. The Kier molecular flexibility index (Phi) is 4.47. The highest BCUT2D eigenvalue weighted by molar-refractivity contribution is 14.1. The van der Waals surface area contributed by atoms with Crippen molar-refractivity contribution < 1.29 is 9.53 Å². The lowest BCUT2D eigenvalue weighted by atomic mass is 10.1. The van der Waals surface area contributed by atoms with Crippen molar-refractivity contribution in [3.05, 3.63) is 26.3 Å². The molecule has 2 nitrogen and oxygen atoms in total. The van der Waals surface area contributed by atoms with Gasteiger partial charge in [-0.1, -0.05) is 11.6 Å². The van der Waals surface area contributed by atoms with Crippen LogP contribution in [0.3, 0.4) is 0 Å². The normalized spacial score (nSPS) is 10.0. The fourth-order valence-electron chi connectivity index (χ4n) is 0.971. The van der Waals surface area contributed by atoms with Crippen LogP contribution in [0.2, 0.25) is 5.02 Å². The van der Waals surface area contributed by atoms with E-state index in [-0.39, 0.29) is 11.7 Å². The van der Waals surface area contributed by atoms with Crippen LogP contribution in [-0.2, 0) is 0 Å². The first kappa shape index (κ1) is 12.1. The topological polar surface area (TPSA) is 26.3 Å². The first-order valence-electron chi connectivity index (χ1n) is 3.72. The average Bonchev–Trinajstić information content (AvgIpc) is 2.17. The summed E-state index contributed by atoms with van der Waals surface area (Å²) in [4.78, 5) is 11.3. The van der Waals surface area contributed by atoms with E-state index in [1.165, 1.54) is 0 Å². The van der Waals surface area contributed by atoms with Gasteiger partial charge in [-0.3, -0.25) is 4.79 Å². The Bertz CT molecular complexity index is 366. The second-order valence-corrected chi connectivity index (χ2v) is 4.36. The third-order valence-corrected chi connectivity index (χ3v) is 3.06. The Hall–Kier alpha value is -0.000000000000000111. The molecular formula is C9H7Cl2IO2. The molecule has 0 unspecified atom stereocenters. The first-order chi connectivity index (χ1) is 6.60. The van der Waals surface area contributed by atoms with Gasteiger partial charge in [0, 0.05) is 5.56 Å². The second-order valence-electron chi connectivity index (χ2n) is 2.52. The molecule has 0 aromatic heterocycles. The van der Waals surface area contributed by atoms with Crippen molar-refractivity contribution in [1.29, 1.82) is 0 Å². The molecule has 0 N–H and O–H groups in total. The Morgan fingerprint density at radius 3 is 2.71 bits per heavy atom. The van der Waals surface area contributed by atoms with Crippen molar-refractivity contribution in [3.63, 3.8) is 0 Å². The Balaban J connectivity index is 3.24. The van der Waals surface area contributed by atoms with Crippen LogP contribution in [0, 0.1) is 3.57 Å². The Morgan fingerprint density at radius 1 is 1.57 bits per heavy atom. The number of rotatable bonds is 3. The summed E-state index contributed by atoms with van der Waals surface area (Å²) in [5.74, 6) is 0.346. The quantitative estimate of drug-likeness (QED) is 0.477. The lowest BCUT2D eigenvalue weighted by Gasteiger charge is -2.07. The fraction of sp³-hybridized carbons (Fsp3) is 0.222. The van der Waals surface area contributed by atoms with Crippen molar-refractivity contribution >= 4 is 51.6 Å². The number of carbonyl (C=O) groups excluding carboxylic acids is 1. The average molecular weight is 345 g/mol. The molecule has 0 saturated heterocycles. The summed E-state index contributed by atoms with van der Waals surface area (Å²) in [6, 6.07) is 3.29. The van der Waals surface area contributed by atoms with Crippen LogP contribution in [0.4, 0.5) is 0 Å². The largest absolute Gasteiger partial charge is 0.496 e. The zero-order valence-electron chi connectivity index (χ0n) is 7.31. The standard InChI is InChI=1S/C9H7Cl2IO2/c1-14-9-2-5(8(13)4-10)6(11)3-7(9)12/h2-3H,4H2,1H3. The van der Waals surface area contributed by atoms with Crippen molar-refractivity contribution in [1.82, 2.24) is 0 Å². The number of Topliss-reactive ketones (excluding diaryl/α,β-unsaturated/α-hetero) is 1. The molecular weight excluding hydrogens is 338 g/mol. The Labute approximate surface area is 106 Å². The minimum atomic E-state index is -0.202. The van der Waals surface area contributed by atoms with E-state index >= 15 is 0 Å². The van der Waals surface area contributed by atoms with Crippen LogP contribution in [0.5, 0.6) is 5.75 Å². The molecule has 0 aliphatic carbocycles. The molecule has 0 aliphatic rings. The molecule has 0 heterocycles. The SMILES string of the molecule is COc1cc(C(=O)CCl)c(Cl)cc1I.